The van der Waals surface area contributed by atoms with Gasteiger partial charge in [-0.1, -0.05) is 29.3 Å². The molecule has 0 amide bonds. The number of benzene rings is 1. The van der Waals surface area contributed by atoms with Crippen molar-refractivity contribution in [3.8, 4) is 0 Å². The first-order chi connectivity index (χ1) is 9.67. The summed E-state index contributed by atoms with van der Waals surface area (Å²) in [5.41, 5.74) is 0.929. The summed E-state index contributed by atoms with van der Waals surface area (Å²) in [5, 5.41) is 5.31. The molecule has 0 radical (unpaired) electrons. The van der Waals surface area contributed by atoms with Gasteiger partial charge in [-0.3, -0.25) is 0 Å². The average Bonchev–Trinajstić information content (AvgIpc) is 3.06. The molecule has 0 spiro atoms. The van der Waals surface area contributed by atoms with Gasteiger partial charge in [0.2, 0.25) is 0 Å². The van der Waals surface area contributed by atoms with Gasteiger partial charge >= 0.3 is 0 Å². The van der Waals surface area contributed by atoms with E-state index in [0.717, 1.165) is 5.56 Å². The monoisotopic (exact) mass is 313 g/mol. The largest absolute Gasteiger partial charge is 0.345 e. The number of hydrogen-bond acceptors (Lipinski definition) is 4. The zero-order valence-corrected chi connectivity index (χ0v) is 12.1. The Morgan fingerprint density at radius 1 is 1.25 bits per heavy atom. The summed E-state index contributed by atoms with van der Waals surface area (Å²) < 4.78 is 13.3. The maximum atomic E-state index is 6.22. The van der Waals surface area contributed by atoms with Crippen LogP contribution in [0.15, 0.2) is 30.9 Å². The van der Waals surface area contributed by atoms with Crippen LogP contribution in [0.4, 0.5) is 0 Å². The standard InChI is InChI=1S/C13H13Cl2N3O2/c14-11-2-1-10(12(15)5-11)6-13(19-3-4-20-13)7-18-9-16-8-17-18/h1-2,5,8-9H,3-4,6-7H2. The SMILES string of the molecule is Clc1ccc(CC2(Cn3cncn3)OCCO2)c(Cl)c1. The fourth-order valence-electron chi connectivity index (χ4n) is 2.26. The fourth-order valence-corrected chi connectivity index (χ4v) is 2.74. The zero-order chi connectivity index (χ0) is 14.0. The van der Waals surface area contributed by atoms with Gasteiger partial charge in [-0.25, -0.2) is 9.67 Å². The van der Waals surface area contributed by atoms with Gasteiger partial charge in [-0.15, -0.1) is 0 Å². The molecule has 0 N–H and O–H groups in total. The van der Waals surface area contributed by atoms with E-state index in [0.29, 0.717) is 36.2 Å². The highest BCUT2D eigenvalue weighted by Crippen LogP contribution is 2.30. The topological polar surface area (TPSA) is 49.2 Å². The van der Waals surface area contributed by atoms with Crippen molar-refractivity contribution in [3.63, 3.8) is 0 Å². The van der Waals surface area contributed by atoms with Crippen molar-refractivity contribution in [2.24, 2.45) is 0 Å². The Kier molecular flexibility index (Phi) is 3.94. The predicted molar refractivity (Wildman–Crippen MR) is 74.8 cm³/mol. The molecule has 2 heterocycles. The van der Waals surface area contributed by atoms with E-state index >= 15 is 0 Å². The minimum absolute atomic E-state index is 0.464. The van der Waals surface area contributed by atoms with E-state index in [1.165, 1.54) is 6.33 Å². The molecule has 1 fully saturated rings. The van der Waals surface area contributed by atoms with E-state index in [9.17, 15) is 0 Å². The Morgan fingerprint density at radius 3 is 2.70 bits per heavy atom. The van der Waals surface area contributed by atoms with Crippen LogP contribution in [0, 0.1) is 0 Å². The molecule has 1 aliphatic heterocycles. The summed E-state index contributed by atoms with van der Waals surface area (Å²) in [5.74, 6) is -0.759. The van der Waals surface area contributed by atoms with Gasteiger partial charge in [-0.2, -0.15) is 5.10 Å². The van der Waals surface area contributed by atoms with Gasteiger partial charge in [-0.05, 0) is 17.7 Å². The van der Waals surface area contributed by atoms with Crippen molar-refractivity contribution in [1.82, 2.24) is 14.8 Å². The Labute approximate surface area is 126 Å². The van der Waals surface area contributed by atoms with E-state index in [1.807, 2.05) is 6.07 Å². The van der Waals surface area contributed by atoms with Crippen LogP contribution in [0.3, 0.4) is 0 Å². The predicted octanol–water partition coefficient (Wildman–Crippen LogP) is 2.57. The summed E-state index contributed by atoms with van der Waals surface area (Å²) in [6, 6.07) is 5.41. The maximum absolute atomic E-state index is 6.22. The zero-order valence-electron chi connectivity index (χ0n) is 10.6. The van der Waals surface area contributed by atoms with Crippen molar-refractivity contribution in [2.75, 3.05) is 13.2 Å². The first kappa shape index (κ1) is 13.8. The van der Waals surface area contributed by atoms with Crippen LogP contribution in [0.1, 0.15) is 5.56 Å². The maximum Gasteiger partial charge on any atom is 0.192 e. The average molecular weight is 314 g/mol. The number of rotatable bonds is 4. The first-order valence-electron chi connectivity index (χ1n) is 6.21. The molecule has 0 saturated carbocycles. The molecule has 0 unspecified atom stereocenters. The Balaban J connectivity index is 1.83. The van der Waals surface area contributed by atoms with Crippen LogP contribution < -0.4 is 0 Å². The van der Waals surface area contributed by atoms with Gasteiger partial charge in [0.15, 0.2) is 5.79 Å². The summed E-state index contributed by atoms with van der Waals surface area (Å²) in [7, 11) is 0. The van der Waals surface area contributed by atoms with E-state index in [4.69, 9.17) is 32.7 Å². The quantitative estimate of drug-likeness (QED) is 0.870. The number of nitrogens with zero attached hydrogens (tertiary/aromatic N) is 3. The van der Waals surface area contributed by atoms with Crippen LogP contribution >= 0.6 is 23.2 Å². The van der Waals surface area contributed by atoms with Crippen molar-refractivity contribution < 1.29 is 9.47 Å². The van der Waals surface area contributed by atoms with Gasteiger partial charge in [0.05, 0.1) is 19.8 Å². The number of aromatic nitrogens is 3. The smallest absolute Gasteiger partial charge is 0.192 e. The molecule has 1 aromatic carbocycles. The molecular weight excluding hydrogens is 301 g/mol. The molecule has 5 nitrogen and oxygen atoms in total. The molecule has 1 aromatic heterocycles. The number of halogens is 2. The highest BCUT2D eigenvalue weighted by atomic mass is 35.5. The summed E-state index contributed by atoms with van der Waals surface area (Å²) in [6.07, 6.45) is 3.65. The van der Waals surface area contributed by atoms with Crippen LogP contribution in [0.2, 0.25) is 10.0 Å². The van der Waals surface area contributed by atoms with Crippen LogP contribution in [0.5, 0.6) is 0 Å². The summed E-state index contributed by atoms with van der Waals surface area (Å²) >= 11 is 12.1. The third-order valence-corrected chi connectivity index (χ3v) is 3.74. The molecular formula is C13H13Cl2N3O2. The van der Waals surface area contributed by atoms with Gasteiger partial charge in [0, 0.05) is 16.5 Å². The molecule has 0 atom stereocenters. The lowest BCUT2D eigenvalue weighted by Gasteiger charge is -2.27. The molecule has 0 bridgehead atoms. The third-order valence-electron chi connectivity index (χ3n) is 3.16. The second-order valence-electron chi connectivity index (χ2n) is 4.61. The molecule has 3 rings (SSSR count). The molecule has 2 aromatic rings. The summed E-state index contributed by atoms with van der Waals surface area (Å²) in [6.45, 7) is 1.58. The molecule has 1 aliphatic rings. The minimum Gasteiger partial charge on any atom is -0.345 e. The van der Waals surface area contributed by atoms with Crippen LogP contribution in [-0.4, -0.2) is 33.8 Å². The lowest BCUT2D eigenvalue weighted by molar-refractivity contribution is -0.167. The molecule has 0 aliphatic carbocycles. The fraction of sp³-hybridized carbons (Fsp3) is 0.385. The molecule has 106 valence electrons. The Hall–Kier alpha value is -1.14. The second-order valence-corrected chi connectivity index (χ2v) is 5.46. The van der Waals surface area contributed by atoms with Crippen molar-refractivity contribution in [3.05, 3.63) is 46.5 Å². The van der Waals surface area contributed by atoms with Gasteiger partial charge in [0.1, 0.15) is 12.7 Å². The van der Waals surface area contributed by atoms with E-state index in [-0.39, 0.29) is 0 Å². The highest BCUT2D eigenvalue weighted by Gasteiger charge is 2.38. The Bertz CT molecular complexity index is 583. The number of hydrogen-bond donors (Lipinski definition) is 0. The third kappa shape index (κ3) is 2.96. The van der Waals surface area contributed by atoms with E-state index < -0.39 is 5.79 Å². The lowest BCUT2D eigenvalue weighted by atomic mass is 10.0. The normalized spacial score (nSPS) is 17.5. The number of ether oxygens (including phenoxy) is 2. The summed E-state index contributed by atoms with van der Waals surface area (Å²) in [4.78, 5) is 3.93. The van der Waals surface area contributed by atoms with Crippen LogP contribution in [0.25, 0.3) is 0 Å². The van der Waals surface area contributed by atoms with E-state index in [1.54, 1.807) is 23.1 Å². The van der Waals surface area contributed by atoms with Gasteiger partial charge < -0.3 is 9.47 Å². The molecule has 1 saturated heterocycles. The van der Waals surface area contributed by atoms with Crippen molar-refractivity contribution in [1.29, 1.82) is 0 Å². The molecule has 20 heavy (non-hydrogen) atoms. The van der Waals surface area contributed by atoms with Crippen LogP contribution in [-0.2, 0) is 22.4 Å². The van der Waals surface area contributed by atoms with Gasteiger partial charge in [0.25, 0.3) is 0 Å². The highest BCUT2D eigenvalue weighted by molar-refractivity contribution is 6.35. The van der Waals surface area contributed by atoms with E-state index in [2.05, 4.69) is 10.1 Å². The van der Waals surface area contributed by atoms with Crippen molar-refractivity contribution >= 4 is 23.2 Å². The second kappa shape index (κ2) is 5.69. The van der Waals surface area contributed by atoms with Crippen molar-refractivity contribution in [2.45, 2.75) is 18.8 Å². The Morgan fingerprint density at radius 2 is 2.05 bits per heavy atom. The molecule has 7 heteroatoms. The minimum atomic E-state index is -0.759. The lowest BCUT2D eigenvalue weighted by Crippen LogP contribution is -2.38. The first-order valence-corrected chi connectivity index (χ1v) is 6.97.